The fraction of sp³-hybridized carbons (Fsp3) is 0.190. The molecule has 2 aromatic carbocycles. The standard InChI is InChI=1S/C21H21BrClN3/c1-14-8-9-19(11-20(14)22)26-15(2)10-18(16(26)3)13-25-24-12-17-6-4-5-7-21(17)23/h4-11,13,24H,12H2,1-3H3/b25-13-. The van der Waals surface area contributed by atoms with Gasteiger partial charge in [-0.3, -0.25) is 0 Å². The minimum atomic E-state index is 0.597. The molecule has 0 bridgehead atoms. The van der Waals surface area contributed by atoms with E-state index in [1.54, 1.807) is 0 Å². The maximum atomic E-state index is 6.16. The van der Waals surface area contributed by atoms with Crippen LogP contribution in [-0.4, -0.2) is 10.8 Å². The molecule has 0 fully saturated rings. The Labute approximate surface area is 167 Å². The van der Waals surface area contributed by atoms with Crippen LogP contribution < -0.4 is 5.43 Å². The lowest BCUT2D eigenvalue weighted by Gasteiger charge is -2.11. The van der Waals surface area contributed by atoms with Crippen LogP contribution in [0.2, 0.25) is 5.02 Å². The molecule has 0 aliphatic heterocycles. The van der Waals surface area contributed by atoms with Crippen LogP contribution in [0.4, 0.5) is 0 Å². The number of hydrazone groups is 1. The highest BCUT2D eigenvalue weighted by Crippen LogP contribution is 2.24. The summed E-state index contributed by atoms with van der Waals surface area (Å²) in [4.78, 5) is 0. The topological polar surface area (TPSA) is 29.3 Å². The Balaban J connectivity index is 1.77. The van der Waals surface area contributed by atoms with Gasteiger partial charge in [-0.15, -0.1) is 0 Å². The van der Waals surface area contributed by atoms with E-state index in [0.717, 1.165) is 32.0 Å². The molecule has 1 N–H and O–H groups in total. The van der Waals surface area contributed by atoms with Gasteiger partial charge in [-0.2, -0.15) is 5.10 Å². The molecule has 3 rings (SSSR count). The SMILES string of the molecule is Cc1ccc(-n2c(C)cc(/C=N\NCc3ccccc3Cl)c2C)cc1Br. The zero-order valence-electron chi connectivity index (χ0n) is 15.1. The van der Waals surface area contributed by atoms with E-state index in [4.69, 9.17) is 11.6 Å². The number of hydrogen-bond donors (Lipinski definition) is 1. The predicted octanol–water partition coefficient (Wildman–Crippen LogP) is 5.94. The summed E-state index contributed by atoms with van der Waals surface area (Å²) in [6.07, 6.45) is 1.86. The van der Waals surface area contributed by atoms with Crippen molar-refractivity contribution in [3.05, 3.63) is 86.1 Å². The largest absolute Gasteiger partial charge is 0.318 e. The van der Waals surface area contributed by atoms with Gasteiger partial charge in [-0.05, 0) is 56.2 Å². The molecule has 5 heteroatoms. The van der Waals surface area contributed by atoms with Crippen molar-refractivity contribution in [1.82, 2.24) is 9.99 Å². The minimum Gasteiger partial charge on any atom is -0.318 e. The van der Waals surface area contributed by atoms with Crippen LogP contribution in [0.3, 0.4) is 0 Å². The fourth-order valence-electron chi connectivity index (χ4n) is 2.92. The number of aromatic nitrogens is 1. The molecule has 134 valence electrons. The number of halogens is 2. The van der Waals surface area contributed by atoms with Crippen LogP contribution in [0.1, 0.15) is 28.1 Å². The zero-order chi connectivity index (χ0) is 18.7. The lowest BCUT2D eigenvalue weighted by Crippen LogP contribution is -2.06. The van der Waals surface area contributed by atoms with Crippen LogP contribution in [0.15, 0.2) is 58.1 Å². The summed E-state index contributed by atoms with van der Waals surface area (Å²) in [5, 5.41) is 5.11. The summed E-state index contributed by atoms with van der Waals surface area (Å²) in [5.74, 6) is 0. The summed E-state index contributed by atoms with van der Waals surface area (Å²) < 4.78 is 3.35. The molecular formula is C21H21BrClN3. The molecule has 0 spiro atoms. The van der Waals surface area contributed by atoms with Crippen molar-refractivity contribution in [2.45, 2.75) is 27.3 Å². The molecule has 0 atom stereocenters. The molecule has 3 nitrogen and oxygen atoms in total. The third kappa shape index (κ3) is 4.02. The summed E-state index contributed by atoms with van der Waals surface area (Å²) in [6.45, 7) is 6.90. The Morgan fingerprint density at radius 3 is 2.62 bits per heavy atom. The van der Waals surface area contributed by atoms with Gasteiger partial charge in [0.15, 0.2) is 0 Å². The van der Waals surface area contributed by atoms with Gasteiger partial charge in [0.1, 0.15) is 0 Å². The Morgan fingerprint density at radius 1 is 1.12 bits per heavy atom. The maximum absolute atomic E-state index is 6.16. The van der Waals surface area contributed by atoms with Gasteiger partial charge in [-0.25, -0.2) is 0 Å². The van der Waals surface area contributed by atoms with Crippen LogP contribution in [0.5, 0.6) is 0 Å². The molecule has 0 saturated heterocycles. The number of hydrogen-bond acceptors (Lipinski definition) is 2. The zero-order valence-corrected chi connectivity index (χ0v) is 17.4. The van der Waals surface area contributed by atoms with Gasteiger partial charge in [0.2, 0.25) is 0 Å². The van der Waals surface area contributed by atoms with Crippen LogP contribution in [0, 0.1) is 20.8 Å². The summed E-state index contributed by atoms with van der Waals surface area (Å²) in [6, 6.07) is 16.3. The second kappa shape index (κ2) is 8.11. The first-order chi connectivity index (χ1) is 12.5. The van der Waals surface area contributed by atoms with Gasteiger partial charge in [0.05, 0.1) is 12.8 Å². The van der Waals surface area contributed by atoms with Crippen molar-refractivity contribution >= 4 is 33.7 Å². The first kappa shape index (κ1) is 18.7. The van der Waals surface area contributed by atoms with Gasteiger partial charge in [0.25, 0.3) is 0 Å². The maximum Gasteiger partial charge on any atom is 0.0594 e. The highest BCUT2D eigenvalue weighted by atomic mass is 79.9. The molecule has 0 radical (unpaired) electrons. The lowest BCUT2D eigenvalue weighted by atomic mass is 10.2. The average Bonchev–Trinajstić information content (AvgIpc) is 2.89. The van der Waals surface area contributed by atoms with Crippen molar-refractivity contribution in [1.29, 1.82) is 0 Å². The van der Waals surface area contributed by atoms with Crippen molar-refractivity contribution in [2.24, 2.45) is 5.10 Å². The number of benzene rings is 2. The van der Waals surface area contributed by atoms with E-state index >= 15 is 0 Å². The number of rotatable bonds is 5. The van der Waals surface area contributed by atoms with Crippen LogP contribution >= 0.6 is 27.5 Å². The van der Waals surface area contributed by atoms with E-state index in [2.05, 4.69) is 76.1 Å². The summed E-state index contributed by atoms with van der Waals surface area (Å²) in [5.41, 5.74) is 9.88. The molecule has 0 saturated carbocycles. The summed E-state index contributed by atoms with van der Waals surface area (Å²) in [7, 11) is 0. The lowest BCUT2D eigenvalue weighted by molar-refractivity contribution is 0.748. The second-order valence-corrected chi connectivity index (χ2v) is 7.54. The first-order valence-electron chi connectivity index (χ1n) is 8.42. The molecule has 0 aliphatic carbocycles. The van der Waals surface area contributed by atoms with Crippen molar-refractivity contribution in [3.63, 3.8) is 0 Å². The molecule has 1 heterocycles. The average molecular weight is 431 g/mol. The third-order valence-corrected chi connectivity index (χ3v) is 5.63. The van der Waals surface area contributed by atoms with Crippen LogP contribution in [0.25, 0.3) is 5.69 Å². The molecule has 1 aromatic heterocycles. The van der Waals surface area contributed by atoms with Gasteiger partial charge in [0, 0.05) is 32.1 Å². The Bertz CT molecular complexity index is 960. The van der Waals surface area contributed by atoms with Gasteiger partial charge >= 0.3 is 0 Å². The summed E-state index contributed by atoms with van der Waals surface area (Å²) >= 11 is 9.78. The molecule has 3 aromatic rings. The molecule has 0 amide bonds. The van der Waals surface area contributed by atoms with E-state index in [0.29, 0.717) is 6.54 Å². The van der Waals surface area contributed by atoms with E-state index in [1.165, 1.54) is 11.3 Å². The minimum absolute atomic E-state index is 0.597. The quantitative estimate of drug-likeness (QED) is 0.394. The molecular weight excluding hydrogens is 410 g/mol. The Hall–Kier alpha value is -2.04. The Morgan fingerprint density at radius 2 is 1.88 bits per heavy atom. The number of aryl methyl sites for hydroxylation is 2. The monoisotopic (exact) mass is 429 g/mol. The number of nitrogens with one attached hydrogen (secondary N) is 1. The molecule has 0 aliphatic rings. The van der Waals surface area contributed by atoms with Crippen molar-refractivity contribution in [2.75, 3.05) is 0 Å². The van der Waals surface area contributed by atoms with Gasteiger partial charge in [-0.1, -0.05) is 51.8 Å². The molecule has 26 heavy (non-hydrogen) atoms. The second-order valence-electron chi connectivity index (χ2n) is 6.28. The third-order valence-electron chi connectivity index (χ3n) is 4.41. The van der Waals surface area contributed by atoms with Crippen LogP contribution in [-0.2, 0) is 6.54 Å². The highest BCUT2D eigenvalue weighted by molar-refractivity contribution is 9.10. The van der Waals surface area contributed by atoms with E-state index in [9.17, 15) is 0 Å². The first-order valence-corrected chi connectivity index (χ1v) is 9.59. The smallest absolute Gasteiger partial charge is 0.0594 e. The van der Waals surface area contributed by atoms with Gasteiger partial charge < -0.3 is 9.99 Å². The van der Waals surface area contributed by atoms with E-state index < -0.39 is 0 Å². The highest BCUT2D eigenvalue weighted by Gasteiger charge is 2.10. The predicted molar refractivity (Wildman–Crippen MR) is 114 cm³/mol. The number of nitrogens with zero attached hydrogens (tertiary/aromatic N) is 2. The van der Waals surface area contributed by atoms with E-state index in [1.807, 2.05) is 30.5 Å². The normalized spacial score (nSPS) is 11.3. The van der Waals surface area contributed by atoms with Crippen molar-refractivity contribution in [3.8, 4) is 5.69 Å². The van der Waals surface area contributed by atoms with Crippen molar-refractivity contribution < 1.29 is 0 Å². The Kier molecular flexibility index (Phi) is 5.84. The fourth-order valence-corrected chi connectivity index (χ4v) is 3.49. The van der Waals surface area contributed by atoms with E-state index in [-0.39, 0.29) is 0 Å². The molecule has 0 unspecified atom stereocenters.